The first-order valence-electron chi connectivity index (χ1n) is 2.71. The Hall–Kier alpha value is -0.800. The number of hydrogen-bond acceptors (Lipinski definition) is 3. The number of carbonyl (C=O) groups excluding carboxylic acids is 1. The molecule has 0 rings (SSSR count). The van der Waals surface area contributed by atoms with Crippen LogP contribution in [0.15, 0.2) is 25.3 Å². The fourth-order valence-electron chi connectivity index (χ4n) is 0.107. The summed E-state index contributed by atoms with van der Waals surface area (Å²) >= 11 is 0. The van der Waals surface area contributed by atoms with Crippen molar-refractivity contribution >= 4 is 18.9 Å². The van der Waals surface area contributed by atoms with Crippen LogP contribution in [0, 0.1) is 0 Å². The third kappa shape index (κ3) is 46.6. The first-order chi connectivity index (χ1) is 4.83. The van der Waals surface area contributed by atoms with Gasteiger partial charge in [0, 0.05) is 0 Å². The molecule has 0 aliphatic heterocycles. The maximum absolute atomic E-state index is 9.29. The van der Waals surface area contributed by atoms with Crippen LogP contribution >= 0.6 is 12.4 Å². The topological polar surface area (TPSA) is 46.5 Å². The second-order valence-electron chi connectivity index (χ2n) is 1.19. The van der Waals surface area contributed by atoms with Crippen LogP contribution in [0.5, 0.6) is 0 Å². The zero-order chi connectivity index (χ0) is 8.24. The largest absolute Gasteiger partial charge is 0.464 e. The standard InChI is InChI=1S/C4H6O2.C3H6O.ClH/c1-2-3-6-4-5;1-2-3-4;/h2,4H,1,3H2;2,4H,1,3H2;1H. The Balaban J connectivity index is -0.000000114. The van der Waals surface area contributed by atoms with Crippen molar-refractivity contribution in [2.24, 2.45) is 0 Å². The van der Waals surface area contributed by atoms with Crippen molar-refractivity contribution in [3.8, 4) is 0 Å². The number of aliphatic hydroxyl groups is 1. The van der Waals surface area contributed by atoms with E-state index >= 15 is 0 Å². The molecular formula is C7H13ClO3. The number of aliphatic hydroxyl groups excluding tert-OH is 1. The Kier molecular flexibility index (Phi) is 34.6. The molecule has 0 aliphatic rings. The quantitative estimate of drug-likeness (QED) is 0.398. The molecule has 66 valence electrons. The molecule has 0 aliphatic carbocycles. The van der Waals surface area contributed by atoms with Gasteiger partial charge < -0.3 is 9.84 Å². The van der Waals surface area contributed by atoms with Crippen LogP contribution in [-0.4, -0.2) is 24.8 Å². The first kappa shape index (κ1) is 16.7. The maximum Gasteiger partial charge on any atom is 0.293 e. The monoisotopic (exact) mass is 180 g/mol. The molecule has 0 radical (unpaired) electrons. The van der Waals surface area contributed by atoms with E-state index in [0.717, 1.165) is 0 Å². The molecule has 0 aromatic carbocycles. The highest BCUT2D eigenvalue weighted by Gasteiger charge is 1.65. The van der Waals surface area contributed by atoms with Crippen LogP contribution in [0.3, 0.4) is 0 Å². The minimum atomic E-state index is 0. The van der Waals surface area contributed by atoms with Gasteiger partial charge in [-0.3, -0.25) is 4.79 Å². The number of hydrogen-bond donors (Lipinski definition) is 1. The van der Waals surface area contributed by atoms with Gasteiger partial charge in [-0.2, -0.15) is 0 Å². The SMILES string of the molecule is C=CCO.C=CCOC=O.Cl. The van der Waals surface area contributed by atoms with Gasteiger partial charge in [0.1, 0.15) is 6.61 Å². The molecule has 0 bridgehead atoms. The van der Waals surface area contributed by atoms with Crippen LogP contribution in [0.25, 0.3) is 0 Å². The lowest BCUT2D eigenvalue weighted by Gasteiger charge is -1.82. The van der Waals surface area contributed by atoms with Crippen molar-refractivity contribution in [2.45, 2.75) is 0 Å². The molecule has 0 atom stereocenters. The Bertz CT molecular complexity index is 85.7. The molecule has 0 saturated heterocycles. The Morgan fingerprint density at radius 2 is 1.82 bits per heavy atom. The molecule has 0 unspecified atom stereocenters. The van der Waals surface area contributed by atoms with Crippen molar-refractivity contribution in [1.82, 2.24) is 0 Å². The normalized spacial score (nSPS) is 5.91. The van der Waals surface area contributed by atoms with Gasteiger partial charge in [-0.1, -0.05) is 18.7 Å². The van der Waals surface area contributed by atoms with Gasteiger partial charge in [0.15, 0.2) is 0 Å². The number of carbonyl (C=O) groups is 1. The minimum absolute atomic E-state index is 0. The molecule has 11 heavy (non-hydrogen) atoms. The number of rotatable bonds is 4. The van der Waals surface area contributed by atoms with Gasteiger partial charge in [0.2, 0.25) is 0 Å². The Morgan fingerprint density at radius 3 is 1.91 bits per heavy atom. The molecule has 0 fully saturated rings. The lowest BCUT2D eigenvalue weighted by molar-refractivity contribution is -0.127. The fourth-order valence-corrected chi connectivity index (χ4v) is 0.107. The Labute approximate surface area is 72.8 Å². The maximum atomic E-state index is 9.29. The summed E-state index contributed by atoms with van der Waals surface area (Å²) in [5.74, 6) is 0. The second kappa shape index (κ2) is 22.9. The van der Waals surface area contributed by atoms with Crippen LogP contribution in [0.2, 0.25) is 0 Å². The highest BCUT2D eigenvalue weighted by atomic mass is 35.5. The summed E-state index contributed by atoms with van der Waals surface area (Å²) in [5.41, 5.74) is 0. The van der Waals surface area contributed by atoms with Crippen molar-refractivity contribution in [2.75, 3.05) is 13.2 Å². The molecule has 3 nitrogen and oxygen atoms in total. The minimum Gasteiger partial charge on any atom is -0.464 e. The van der Waals surface area contributed by atoms with Gasteiger partial charge >= 0.3 is 0 Å². The van der Waals surface area contributed by atoms with E-state index in [4.69, 9.17) is 5.11 Å². The molecule has 0 spiro atoms. The number of halogens is 1. The van der Waals surface area contributed by atoms with E-state index in [-0.39, 0.29) is 19.0 Å². The van der Waals surface area contributed by atoms with Crippen LogP contribution in [0.4, 0.5) is 0 Å². The van der Waals surface area contributed by atoms with Crippen molar-refractivity contribution in [1.29, 1.82) is 0 Å². The molecule has 0 amide bonds. The predicted molar refractivity (Wildman–Crippen MR) is 46.7 cm³/mol. The van der Waals surface area contributed by atoms with E-state index in [0.29, 0.717) is 13.1 Å². The summed E-state index contributed by atoms with van der Waals surface area (Å²) in [7, 11) is 0. The van der Waals surface area contributed by atoms with E-state index < -0.39 is 0 Å². The summed E-state index contributed by atoms with van der Waals surface area (Å²) in [5, 5.41) is 7.76. The summed E-state index contributed by atoms with van der Waals surface area (Å²) in [6, 6.07) is 0. The fraction of sp³-hybridized carbons (Fsp3) is 0.286. The van der Waals surface area contributed by atoms with E-state index in [1.807, 2.05) is 0 Å². The lowest BCUT2D eigenvalue weighted by atomic mass is 10.7. The van der Waals surface area contributed by atoms with E-state index in [2.05, 4.69) is 17.9 Å². The second-order valence-corrected chi connectivity index (χ2v) is 1.19. The highest BCUT2D eigenvalue weighted by Crippen LogP contribution is 1.62. The average Bonchev–Trinajstić information content (AvgIpc) is 2.01. The first-order valence-corrected chi connectivity index (χ1v) is 2.71. The van der Waals surface area contributed by atoms with Crippen molar-refractivity contribution < 1.29 is 14.6 Å². The van der Waals surface area contributed by atoms with E-state index in [1.165, 1.54) is 12.2 Å². The lowest BCUT2D eigenvalue weighted by Crippen LogP contribution is -1.83. The molecule has 0 aromatic rings. The van der Waals surface area contributed by atoms with Crippen molar-refractivity contribution in [3.63, 3.8) is 0 Å². The predicted octanol–water partition coefficient (Wildman–Crippen LogP) is 0.932. The van der Waals surface area contributed by atoms with E-state index in [9.17, 15) is 4.79 Å². The summed E-state index contributed by atoms with van der Waals surface area (Å²) < 4.78 is 4.18. The summed E-state index contributed by atoms with van der Waals surface area (Å²) in [6.45, 7) is 7.33. The van der Waals surface area contributed by atoms with Gasteiger partial charge in [-0.15, -0.1) is 19.0 Å². The molecule has 1 N–H and O–H groups in total. The molecule has 0 heterocycles. The third-order valence-corrected chi connectivity index (χ3v) is 0.411. The molecular weight excluding hydrogens is 168 g/mol. The molecule has 0 aromatic heterocycles. The molecule has 0 saturated carbocycles. The zero-order valence-corrected chi connectivity index (χ0v) is 7.05. The number of ether oxygens (including phenoxy) is 1. The van der Waals surface area contributed by atoms with Crippen LogP contribution in [0.1, 0.15) is 0 Å². The highest BCUT2D eigenvalue weighted by molar-refractivity contribution is 5.85. The molecule has 4 heteroatoms. The van der Waals surface area contributed by atoms with E-state index in [1.54, 1.807) is 0 Å². The van der Waals surface area contributed by atoms with Crippen LogP contribution in [-0.2, 0) is 9.53 Å². The summed E-state index contributed by atoms with van der Waals surface area (Å²) in [6.07, 6.45) is 2.94. The van der Waals surface area contributed by atoms with Gasteiger partial charge in [-0.05, 0) is 0 Å². The third-order valence-electron chi connectivity index (χ3n) is 0.411. The average molecular weight is 181 g/mol. The van der Waals surface area contributed by atoms with Gasteiger partial charge in [0.05, 0.1) is 6.61 Å². The van der Waals surface area contributed by atoms with Gasteiger partial charge in [0.25, 0.3) is 6.47 Å². The van der Waals surface area contributed by atoms with Crippen LogP contribution < -0.4 is 0 Å². The Morgan fingerprint density at radius 1 is 1.36 bits per heavy atom. The van der Waals surface area contributed by atoms with Crippen molar-refractivity contribution in [3.05, 3.63) is 25.3 Å². The smallest absolute Gasteiger partial charge is 0.293 e. The summed E-state index contributed by atoms with van der Waals surface area (Å²) in [4.78, 5) is 9.29. The zero-order valence-electron chi connectivity index (χ0n) is 6.23. The van der Waals surface area contributed by atoms with Gasteiger partial charge in [-0.25, -0.2) is 0 Å².